The van der Waals surface area contributed by atoms with E-state index in [1.165, 1.54) is 19.4 Å². The first-order valence-corrected chi connectivity index (χ1v) is 8.74. The number of amides is 1. The number of rotatable bonds is 8. The van der Waals surface area contributed by atoms with Crippen LogP contribution in [0.2, 0.25) is 0 Å². The number of carboxylic acids is 1. The molecular weight excluding hydrogens is 346 g/mol. The lowest BCUT2D eigenvalue weighted by molar-refractivity contribution is -0.152. The molecule has 6 nitrogen and oxygen atoms in total. The van der Waals surface area contributed by atoms with Crippen molar-refractivity contribution in [3.63, 3.8) is 0 Å². The van der Waals surface area contributed by atoms with Crippen molar-refractivity contribution in [2.45, 2.75) is 39.4 Å². The summed E-state index contributed by atoms with van der Waals surface area (Å²) in [6.45, 7) is 5.53. The van der Waals surface area contributed by atoms with Gasteiger partial charge in [-0.25, -0.2) is 9.59 Å². The summed E-state index contributed by atoms with van der Waals surface area (Å²) >= 11 is 0. The Hall–Kier alpha value is -3.02. The van der Waals surface area contributed by atoms with Gasteiger partial charge in [0.05, 0.1) is 0 Å². The van der Waals surface area contributed by atoms with Crippen LogP contribution < -0.4 is 10.1 Å². The number of aryl methyl sites for hydroxylation is 1. The number of carboxylic acid groups (broad SMARTS) is 1. The van der Waals surface area contributed by atoms with Gasteiger partial charge in [-0.05, 0) is 50.5 Å². The minimum absolute atomic E-state index is 0.0705. The number of ether oxygens (including phenoxy) is 2. The third kappa shape index (κ3) is 6.66. The minimum Gasteiger partial charge on any atom is -0.478 e. The van der Waals surface area contributed by atoms with E-state index in [-0.39, 0.29) is 6.61 Å². The zero-order valence-corrected chi connectivity index (χ0v) is 15.8. The average molecular weight is 371 g/mol. The van der Waals surface area contributed by atoms with E-state index in [4.69, 9.17) is 14.6 Å². The van der Waals surface area contributed by atoms with Crippen LogP contribution in [0.4, 0.5) is 4.79 Å². The molecule has 144 valence electrons. The van der Waals surface area contributed by atoms with Gasteiger partial charge in [-0.3, -0.25) is 0 Å². The van der Waals surface area contributed by atoms with E-state index in [1.807, 2.05) is 31.2 Å². The molecule has 0 aromatic heterocycles. The summed E-state index contributed by atoms with van der Waals surface area (Å²) in [7, 11) is 0. The fourth-order valence-electron chi connectivity index (χ4n) is 2.30. The van der Waals surface area contributed by atoms with Crippen LogP contribution >= 0.6 is 0 Å². The summed E-state index contributed by atoms with van der Waals surface area (Å²) in [4.78, 5) is 23.0. The van der Waals surface area contributed by atoms with Crippen molar-refractivity contribution >= 4 is 12.1 Å². The van der Waals surface area contributed by atoms with Crippen LogP contribution in [-0.4, -0.2) is 29.3 Å². The minimum atomic E-state index is -1.34. The molecule has 2 rings (SSSR count). The van der Waals surface area contributed by atoms with E-state index in [2.05, 4.69) is 5.32 Å². The molecule has 0 bridgehead atoms. The second-order valence-electron chi connectivity index (χ2n) is 6.80. The highest BCUT2D eigenvalue weighted by Crippen LogP contribution is 2.20. The van der Waals surface area contributed by atoms with Crippen molar-refractivity contribution in [2.24, 2.45) is 0 Å². The van der Waals surface area contributed by atoms with Crippen molar-refractivity contribution in [3.8, 4) is 5.75 Å². The molecule has 0 radical (unpaired) electrons. The van der Waals surface area contributed by atoms with Crippen molar-refractivity contribution in [1.29, 1.82) is 0 Å². The second-order valence-corrected chi connectivity index (χ2v) is 6.80. The topological polar surface area (TPSA) is 84.9 Å². The maximum absolute atomic E-state index is 11.8. The zero-order valence-electron chi connectivity index (χ0n) is 15.8. The van der Waals surface area contributed by atoms with Gasteiger partial charge in [-0.15, -0.1) is 0 Å². The van der Waals surface area contributed by atoms with Crippen molar-refractivity contribution < 1.29 is 24.2 Å². The monoisotopic (exact) mass is 371 g/mol. The first kappa shape index (κ1) is 20.3. The molecule has 6 heteroatoms. The Bertz CT molecular complexity index is 783. The standard InChI is InChI=1S/C21H25NO5/c1-15-7-9-16(10-8-15)11-12-22-20(25)26-14-17-5-4-6-18(13-17)27-21(2,3)19(23)24/h4-10,13H,11-12,14H2,1-3H3,(H,22,25)(H,23,24). The van der Waals surface area contributed by atoms with Crippen LogP contribution in [0, 0.1) is 6.92 Å². The fourth-order valence-corrected chi connectivity index (χ4v) is 2.30. The third-order valence-electron chi connectivity index (χ3n) is 3.96. The Balaban J connectivity index is 1.78. The van der Waals surface area contributed by atoms with E-state index >= 15 is 0 Å². The number of carbonyl (C=O) groups is 2. The van der Waals surface area contributed by atoms with E-state index in [0.717, 1.165) is 12.0 Å². The number of alkyl carbamates (subject to hydrolysis) is 1. The SMILES string of the molecule is Cc1ccc(CCNC(=O)OCc2cccc(OC(C)(C)C(=O)O)c2)cc1. The molecule has 2 aromatic rings. The summed E-state index contributed by atoms with van der Waals surface area (Å²) in [6.07, 6.45) is 0.225. The highest BCUT2D eigenvalue weighted by molar-refractivity contribution is 5.76. The van der Waals surface area contributed by atoms with Crippen LogP contribution in [0.15, 0.2) is 48.5 Å². The highest BCUT2D eigenvalue weighted by atomic mass is 16.5. The van der Waals surface area contributed by atoms with Gasteiger partial charge >= 0.3 is 12.1 Å². The van der Waals surface area contributed by atoms with Gasteiger partial charge in [-0.2, -0.15) is 0 Å². The van der Waals surface area contributed by atoms with Crippen molar-refractivity contribution in [3.05, 3.63) is 65.2 Å². The molecule has 0 fully saturated rings. The summed E-state index contributed by atoms with van der Waals surface area (Å²) in [5.74, 6) is -0.652. The van der Waals surface area contributed by atoms with Gasteiger partial charge in [0, 0.05) is 6.54 Å². The molecule has 27 heavy (non-hydrogen) atoms. The Kier molecular flexibility index (Phi) is 6.82. The zero-order chi connectivity index (χ0) is 19.9. The Morgan fingerprint density at radius 2 is 1.78 bits per heavy atom. The Morgan fingerprint density at radius 1 is 1.07 bits per heavy atom. The van der Waals surface area contributed by atoms with E-state index < -0.39 is 17.7 Å². The number of carbonyl (C=O) groups excluding carboxylic acids is 1. The maximum atomic E-state index is 11.8. The molecule has 0 aliphatic rings. The molecule has 1 amide bonds. The van der Waals surface area contributed by atoms with E-state index in [1.54, 1.807) is 24.3 Å². The van der Waals surface area contributed by atoms with Crippen LogP contribution in [0.25, 0.3) is 0 Å². The molecule has 2 N–H and O–H groups in total. The second kappa shape index (κ2) is 9.07. The predicted octanol–water partition coefficient (Wildman–Crippen LogP) is 3.71. The number of nitrogens with one attached hydrogen (secondary N) is 1. The molecule has 0 saturated heterocycles. The van der Waals surface area contributed by atoms with Crippen LogP contribution in [-0.2, 0) is 22.6 Å². The lowest BCUT2D eigenvalue weighted by atomic mass is 10.1. The van der Waals surface area contributed by atoms with Gasteiger partial charge < -0.3 is 19.9 Å². The molecule has 0 heterocycles. The molecule has 0 spiro atoms. The summed E-state index contributed by atoms with van der Waals surface area (Å²) < 4.78 is 10.7. The third-order valence-corrected chi connectivity index (χ3v) is 3.96. The molecular formula is C21H25NO5. The Labute approximate surface area is 159 Å². The van der Waals surface area contributed by atoms with Crippen molar-refractivity contribution in [1.82, 2.24) is 5.32 Å². The Morgan fingerprint density at radius 3 is 2.44 bits per heavy atom. The van der Waals surface area contributed by atoms with Gasteiger partial charge in [0.25, 0.3) is 0 Å². The van der Waals surface area contributed by atoms with Crippen molar-refractivity contribution in [2.75, 3.05) is 6.54 Å². The average Bonchev–Trinajstić information content (AvgIpc) is 2.61. The first-order chi connectivity index (χ1) is 12.8. The lowest BCUT2D eigenvalue weighted by Gasteiger charge is -2.21. The van der Waals surface area contributed by atoms with Crippen LogP contribution in [0.5, 0.6) is 5.75 Å². The molecule has 0 aliphatic heterocycles. The molecule has 0 aliphatic carbocycles. The van der Waals surface area contributed by atoms with Crippen LogP contribution in [0.3, 0.4) is 0 Å². The molecule has 0 saturated carbocycles. The van der Waals surface area contributed by atoms with Crippen LogP contribution in [0.1, 0.15) is 30.5 Å². The molecule has 0 atom stereocenters. The fraction of sp³-hybridized carbons (Fsp3) is 0.333. The summed E-state index contributed by atoms with van der Waals surface area (Å²) in [5, 5.41) is 11.8. The number of hydrogen-bond acceptors (Lipinski definition) is 4. The largest absolute Gasteiger partial charge is 0.478 e. The number of hydrogen-bond donors (Lipinski definition) is 2. The van der Waals surface area contributed by atoms with Gasteiger partial charge in [0.2, 0.25) is 0 Å². The number of benzene rings is 2. The normalized spacial score (nSPS) is 10.9. The van der Waals surface area contributed by atoms with Gasteiger partial charge in [0.1, 0.15) is 12.4 Å². The number of aliphatic carboxylic acids is 1. The maximum Gasteiger partial charge on any atom is 0.407 e. The summed E-state index contributed by atoms with van der Waals surface area (Å²) in [5.41, 5.74) is 1.71. The van der Waals surface area contributed by atoms with Gasteiger partial charge in [-0.1, -0.05) is 42.0 Å². The molecule has 2 aromatic carbocycles. The lowest BCUT2D eigenvalue weighted by Crippen LogP contribution is -2.37. The van der Waals surface area contributed by atoms with Gasteiger partial charge in [0.15, 0.2) is 5.60 Å². The van der Waals surface area contributed by atoms with E-state index in [9.17, 15) is 9.59 Å². The quantitative estimate of drug-likeness (QED) is 0.739. The predicted molar refractivity (Wildman–Crippen MR) is 102 cm³/mol. The summed E-state index contributed by atoms with van der Waals surface area (Å²) in [6, 6.07) is 15.0. The molecule has 0 unspecified atom stereocenters. The first-order valence-electron chi connectivity index (χ1n) is 8.74. The van der Waals surface area contributed by atoms with E-state index in [0.29, 0.717) is 17.9 Å². The highest BCUT2D eigenvalue weighted by Gasteiger charge is 2.29. The smallest absolute Gasteiger partial charge is 0.407 e.